The molecule has 0 saturated carbocycles. The predicted molar refractivity (Wildman–Crippen MR) is 118 cm³/mol. The Kier molecular flexibility index (Phi) is 8.62. The average Bonchev–Trinajstić information content (AvgIpc) is 3.07. The molecule has 0 radical (unpaired) electrons. The van der Waals surface area contributed by atoms with E-state index in [4.69, 9.17) is 16.3 Å². The van der Waals surface area contributed by atoms with Gasteiger partial charge in [-0.1, -0.05) is 11.6 Å². The molecule has 0 bridgehead atoms. The first-order chi connectivity index (χ1) is 12.7. The van der Waals surface area contributed by atoms with Crippen LogP contribution in [0.2, 0.25) is 5.02 Å². The second-order valence-electron chi connectivity index (χ2n) is 6.27. The predicted octanol–water partition coefficient (Wildman–Crippen LogP) is 2.97. The van der Waals surface area contributed by atoms with Crippen LogP contribution in [0.15, 0.2) is 29.3 Å². The maximum atomic E-state index is 5.88. The summed E-state index contributed by atoms with van der Waals surface area (Å²) in [6.45, 7) is 2.88. The van der Waals surface area contributed by atoms with Crippen LogP contribution in [-0.2, 0) is 19.5 Å². The van der Waals surface area contributed by atoms with Crippen LogP contribution in [0.4, 0.5) is 0 Å². The fourth-order valence-electron chi connectivity index (χ4n) is 2.98. The van der Waals surface area contributed by atoms with Gasteiger partial charge in [-0.25, -0.2) is 0 Å². The lowest BCUT2D eigenvalue weighted by Gasteiger charge is -2.22. The fraction of sp³-hybridized carbons (Fsp3) is 0.500. The Balaban J connectivity index is 0.00000261. The Morgan fingerprint density at radius 2 is 2.07 bits per heavy atom. The number of likely N-dealkylation sites (N-methyl/N-ethyl adjacent to an activating group) is 1. The number of nitrogens with one attached hydrogen (secondary N) is 1. The Bertz CT molecular complexity index is 749. The molecule has 7 nitrogen and oxygen atoms in total. The van der Waals surface area contributed by atoms with E-state index in [1.54, 1.807) is 7.05 Å². The quantitative estimate of drug-likeness (QED) is 0.372. The van der Waals surface area contributed by atoms with Crippen LogP contribution in [0.1, 0.15) is 24.5 Å². The number of fused-ring (bicyclic) bond motifs is 1. The molecule has 0 unspecified atom stereocenters. The van der Waals surface area contributed by atoms with Crippen molar-refractivity contribution in [2.45, 2.75) is 32.4 Å². The van der Waals surface area contributed by atoms with E-state index in [0.29, 0.717) is 24.7 Å². The van der Waals surface area contributed by atoms with Crippen molar-refractivity contribution >= 4 is 41.5 Å². The van der Waals surface area contributed by atoms with Crippen molar-refractivity contribution in [3.8, 4) is 5.75 Å². The van der Waals surface area contributed by atoms with Gasteiger partial charge in [-0.3, -0.25) is 4.99 Å². The van der Waals surface area contributed by atoms with Crippen molar-refractivity contribution in [3.05, 3.63) is 40.9 Å². The van der Waals surface area contributed by atoms with Crippen LogP contribution in [0.25, 0.3) is 0 Å². The summed E-state index contributed by atoms with van der Waals surface area (Å²) in [6, 6.07) is 7.37. The zero-order valence-corrected chi connectivity index (χ0v) is 18.8. The number of benzene rings is 1. The zero-order chi connectivity index (χ0) is 18.4. The Morgan fingerprint density at radius 3 is 2.81 bits per heavy atom. The van der Waals surface area contributed by atoms with Gasteiger partial charge in [-0.15, -0.1) is 34.2 Å². The van der Waals surface area contributed by atoms with Gasteiger partial charge in [-0.2, -0.15) is 0 Å². The molecular formula is C18H26ClIN6O. The Labute approximate surface area is 182 Å². The van der Waals surface area contributed by atoms with E-state index < -0.39 is 0 Å². The van der Waals surface area contributed by atoms with Gasteiger partial charge in [-0.05, 0) is 37.1 Å². The highest BCUT2D eigenvalue weighted by atomic mass is 127. The average molecular weight is 505 g/mol. The third-order valence-electron chi connectivity index (χ3n) is 4.42. The molecule has 0 saturated heterocycles. The summed E-state index contributed by atoms with van der Waals surface area (Å²) >= 11 is 5.88. The highest BCUT2D eigenvalue weighted by Crippen LogP contribution is 2.15. The second-order valence-corrected chi connectivity index (χ2v) is 6.70. The molecule has 0 atom stereocenters. The number of halogens is 2. The number of hydrogen-bond donors (Lipinski definition) is 1. The molecule has 1 aromatic carbocycles. The summed E-state index contributed by atoms with van der Waals surface area (Å²) in [4.78, 5) is 6.37. The molecule has 1 aromatic heterocycles. The van der Waals surface area contributed by atoms with Crippen LogP contribution in [0, 0.1) is 0 Å². The number of hydrogen-bond acceptors (Lipinski definition) is 4. The molecule has 148 valence electrons. The molecule has 27 heavy (non-hydrogen) atoms. The van der Waals surface area contributed by atoms with E-state index in [1.165, 1.54) is 12.8 Å². The Hall–Kier alpha value is -1.55. The molecule has 0 spiro atoms. The molecule has 0 aliphatic carbocycles. The smallest absolute Gasteiger partial charge is 0.193 e. The number of aliphatic imine (C=N–C) groups is 1. The van der Waals surface area contributed by atoms with E-state index in [9.17, 15) is 0 Å². The van der Waals surface area contributed by atoms with Gasteiger partial charge in [0.1, 0.15) is 18.2 Å². The third-order valence-corrected chi connectivity index (χ3v) is 4.68. The minimum atomic E-state index is 0. The maximum absolute atomic E-state index is 5.88. The molecule has 2 aromatic rings. The van der Waals surface area contributed by atoms with Gasteiger partial charge in [0.05, 0.1) is 13.1 Å². The minimum absolute atomic E-state index is 0. The van der Waals surface area contributed by atoms with Gasteiger partial charge < -0.3 is 19.5 Å². The summed E-state index contributed by atoms with van der Waals surface area (Å²) < 4.78 is 7.96. The first-order valence-electron chi connectivity index (χ1n) is 8.88. The summed E-state index contributed by atoms with van der Waals surface area (Å²) in [5, 5.41) is 12.7. The largest absolute Gasteiger partial charge is 0.492 e. The van der Waals surface area contributed by atoms with Gasteiger partial charge in [0.15, 0.2) is 11.8 Å². The number of ether oxygens (including phenoxy) is 1. The first-order valence-corrected chi connectivity index (χ1v) is 9.26. The maximum Gasteiger partial charge on any atom is 0.193 e. The first kappa shape index (κ1) is 21.7. The molecule has 2 heterocycles. The van der Waals surface area contributed by atoms with E-state index in [1.807, 2.05) is 36.2 Å². The van der Waals surface area contributed by atoms with Gasteiger partial charge in [0.25, 0.3) is 0 Å². The lowest BCUT2D eigenvalue weighted by molar-refractivity contribution is 0.281. The summed E-state index contributed by atoms with van der Waals surface area (Å²) in [5.41, 5.74) is 0. The molecule has 9 heteroatoms. The van der Waals surface area contributed by atoms with E-state index in [-0.39, 0.29) is 24.0 Å². The number of aryl methyl sites for hydroxylation is 1. The molecule has 0 fully saturated rings. The minimum Gasteiger partial charge on any atom is -0.492 e. The molecule has 3 rings (SSSR count). The van der Waals surface area contributed by atoms with Crippen molar-refractivity contribution in [2.24, 2.45) is 4.99 Å². The monoisotopic (exact) mass is 504 g/mol. The number of aromatic nitrogens is 3. The lowest BCUT2D eigenvalue weighted by Crippen LogP contribution is -2.41. The highest BCUT2D eigenvalue weighted by Gasteiger charge is 2.16. The van der Waals surface area contributed by atoms with Crippen molar-refractivity contribution < 1.29 is 4.74 Å². The van der Waals surface area contributed by atoms with E-state index >= 15 is 0 Å². The van der Waals surface area contributed by atoms with E-state index in [0.717, 1.165) is 36.3 Å². The highest BCUT2D eigenvalue weighted by molar-refractivity contribution is 14.0. The third kappa shape index (κ3) is 5.97. The van der Waals surface area contributed by atoms with Gasteiger partial charge in [0, 0.05) is 32.1 Å². The second kappa shape index (κ2) is 10.7. The number of nitrogens with zero attached hydrogens (tertiary/aromatic N) is 5. The molecular weight excluding hydrogens is 479 g/mol. The Morgan fingerprint density at radius 1 is 1.30 bits per heavy atom. The number of rotatable bonds is 6. The standard InChI is InChI=1S/C18H25ClN6O.HI/c1-20-18(21-13-17-23-22-16-5-3-4-10-25(16)17)24(2)11-12-26-15-8-6-14(19)7-9-15;/h6-9H,3-5,10-13H2,1-2H3,(H,20,21);1H. The lowest BCUT2D eigenvalue weighted by atomic mass is 10.2. The summed E-state index contributed by atoms with van der Waals surface area (Å²) in [5.74, 6) is 3.66. The molecule has 1 N–H and O–H groups in total. The normalized spacial score (nSPS) is 13.5. The molecule has 1 aliphatic rings. The van der Waals surface area contributed by atoms with Crippen molar-refractivity contribution in [3.63, 3.8) is 0 Å². The van der Waals surface area contributed by atoms with Gasteiger partial charge in [0.2, 0.25) is 0 Å². The van der Waals surface area contributed by atoms with Crippen LogP contribution in [-0.4, -0.2) is 52.9 Å². The van der Waals surface area contributed by atoms with Crippen molar-refractivity contribution in [2.75, 3.05) is 27.2 Å². The van der Waals surface area contributed by atoms with Crippen LogP contribution >= 0.6 is 35.6 Å². The van der Waals surface area contributed by atoms with E-state index in [2.05, 4.69) is 25.1 Å². The van der Waals surface area contributed by atoms with Crippen LogP contribution in [0.3, 0.4) is 0 Å². The van der Waals surface area contributed by atoms with Crippen molar-refractivity contribution in [1.82, 2.24) is 25.0 Å². The fourth-order valence-corrected chi connectivity index (χ4v) is 3.11. The van der Waals surface area contributed by atoms with Crippen LogP contribution in [0.5, 0.6) is 5.75 Å². The topological polar surface area (TPSA) is 67.6 Å². The molecule has 1 aliphatic heterocycles. The summed E-state index contributed by atoms with van der Waals surface area (Å²) in [6.07, 6.45) is 3.40. The molecule has 0 amide bonds. The van der Waals surface area contributed by atoms with Gasteiger partial charge >= 0.3 is 0 Å². The zero-order valence-electron chi connectivity index (χ0n) is 15.7. The summed E-state index contributed by atoms with van der Waals surface area (Å²) in [7, 11) is 3.76. The van der Waals surface area contributed by atoms with Crippen molar-refractivity contribution in [1.29, 1.82) is 0 Å². The SMILES string of the molecule is CN=C(NCc1nnc2n1CCCC2)N(C)CCOc1ccc(Cl)cc1.I. The van der Waals surface area contributed by atoms with Crippen LogP contribution < -0.4 is 10.1 Å². The number of guanidine groups is 1.